The zero-order chi connectivity index (χ0) is 18.4. The lowest BCUT2D eigenvalue weighted by Crippen LogP contribution is -1.88. The normalized spacial score (nSPS) is 12.5. The van der Waals surface area contributed by atoms with Gasteiger partial charge in [0, 0.05) is 58.2 Å². The van der Waals surface area contributed by atoms with E-state index in [2.05, 4.69) is 84.4 Å². The summed E-state index contributed by atoms with van der Waals surface area (Å²) in [6.45, 7) is 0. The number of fused-ring (bicyclic) bond motifs is 11. The second-order valence-electron chi connectivity index (χ2n) is 7.43. The third-order valence-corrected chi connectivity index (χ3v) is 8.27. The lowest BCUT2D eigenvalue weighted by atomic mass is 10.1. The minimum Gasteiger partial charge on any atom is -0.343 e. The van der Waals surface area contributed by atoms with Crippen molar-refractivity contribution in [3.05, 3.63) is 72.8 Å². The van der Waals surface area contributed by atoms with E-state index >= 15 is 0 Å². The summed E-state index contributed by atoms with van der Waals surface area (Å²) in [5, 5.41) is 8.22. The fraction of sp³-hybridized carbons (Fsp3) is 0.0400. The first-order chi connectivity index (χ1) is 13.8. The summed E-state index contributed by atoms with van der Waals surface area (Å²) in [5.41, 5.74) is 2.71. The molecule has 3 aromatic heterocycles. The highest BCUT2D eigenvalue weighted by Gasteiger charge is 2.18. The minimum absolute atomic E-state index is 1.35. The molecule has 4 aromatic carbocycles. The van der Waals surface area contributed by atoms with Gasteiger partial charge in [-0.1, -0.05) is 48.5 Å². The molecule has 1 nitrogen and oxygen atoms in total. The Labute approximate surface area is 169 Å². The van der Waals surface area contributed by atoms with Crippen LogP contribution in [0.5, 0.6) is 0 Å². The highest BCUT2D eigenvalue weighted by Crippen LogP contribution is 2.45. The Balaban J connectivity index is 1.82. The van der Waals surface area contributed by atoms with Crippen molar-refractivity contribution < 1.29 is 0 Å². The van der Waals surface area contributed by atoms with Crippen molar-refractivity contribution in [1.82, 2.24) is 4.57 Å². The van der Waals surface area contributed by atoms with E-state index in [9.17, 15) is 0 Å². The lowest BCUT2D eigenvalue weighted by molar-refractivity contribution is 1.02. The highest BCUT2D eigenvalue weighted by molar-refractivity contribution is 7.26. The van der Waals surface area contributed by atoms with Gasteiger partial charge >= 0.3 is 0 Å². The fourth-order valence-electron chi connectivity index (χ4n) is 4.84. The van der Waals surface area contributed by atoms with Crippen molar-refractivity contribution in [2.24, 2.45) is 7.05 Å². The number of benzene rings is 4. The Morgan fingerprint density at radius 3 is 1.46 bits per heavy atom. The highest BCUT2D eigenvalue weighted by atomic mass is 32.1. The molecule has 0 N–H and O–H groups in total. The van der Waals surface area contributed by atoms with Gasteiger partial charge in [0.2, 0.25) is 0 Å². The Bertz CT molecular complexity index is 1600. The van der Waals surface area contributed by atoms with Crippen LogP contribution in [0.15, 0.2) is 72.8 Å². The first-order valence-electron chi connectivity index (χ1n) is 9.44. The van der Waals surface area contributed by atoms with Crippen LogP contribution in [0.4, 0.5) is 0 Å². The van der Waals surface area contributed by atoms with E-state index in [4.69, 9.17) is 0 Å². The van der Waals surface area contributed by atoms with E-state index in [-0.39, 0.29) is 0 Å². The molecule has 0 saturated heterocycles. The van der Waals surface area contributed by atoms with E-state index in [0.717, 1.165) is 0 Å². The third-order valence-electron chi connectivity index (χ3n) is 5.99. The van der Waals surface area contributed by atoms with Gasteiger partial charge in [-0.25, -0.2) is 0 Å². The molecule has 0 saturated carbocycles. The molecule has 7 rings (SSSR count). The van der Waals surface area contributed by atoms with E-state index in [0.29, 0.717) is 0 Å². The molecular formula is C25H15NS2. The molecule has 132 valence electrons. The Hall–Kier alpha value is -2.88. The fourth-order valence-corrected chi connectivity index (χ4v) is 7.06. The molecule has 0 radical (unpaired) electrons. The predicted molar refractivity (Wildman–Crippen MR) is 126 cm³/mol. The van der Waals surface area contributed by atoms with Crippen molar-refractivity contribution in [1.29, 1.82) is 0 Å². The number of thiophene rings is 2. The summed E-state index contributed by atoms with van der Waals surface area (Å²) in [7, 11) is 2.24. The molecule has 0 unspecified atom stereocenters. The van der Waals surface area contributed by atoms with E-state index in [1.54, 1.807) is 0 Å². The average Bonchev–Trinajstić information content (AvgIpc) is 3.37. The number of hydrogen-bond donors (Lipinski definition) is 0. The van der Waals surface area contributed by atoms with Gasteiger partial charge in [-0.2, -0.15) is 0 Å². The van der Waals surface area contributed by atoms with E-state index < -0.39 is 0 Å². The molecule has 3 heteroatoms. The van der Waals surface area contributed by atoms with Gasteiger partial charge in [0.05, 0.1) is 11.0 Å². The smallest absolute Gasteiger partial charge is 0.0583 e. The van der Waals surface area contributed by atoms with E-state index in [1.165, 1.54) is 62.2 Å². The summed E-state index contributed by atoms with van der Waals surface area (Å²) in [5.74, 6) is 0. The van der Waals surface area contributed by atoms with Crippen LogP contribution in [0.1, 0.15) is 0 Å². The largest absolute Gasteiger partial charge is 0.343 e. The lowest BCUT2D eigenvalue weighted by Gasteiger charge is -2.02. The Morgan fingerprint density at radius 2 is 0.964 bits per heavy atom. The Morgan fingerprint density at radius 1 is 0.500 bits per heavy atom. The van der Waals surface area contributed by atoms with Gasteiger partial charge in [0.25, 0.3) is 0 Å². The summed E-state index contributed by atoms with van der Waals surface area (Å²) < 4.78 is 7.90. The molecule has 0 amide bonds. The minimum atomic E-state index is 1.35. The second kappa shape index (κ2) is 5.13. The zero-order valence-corrected chi connectivity index (χ0v) is 16.8. The van der Waals surface area contributed by atoms with Crippen LogP contribution in [-0.2, 0) is 7.05 Å². The monoisotopic (exact) mass is 393 g/mol. The van der Waals surface area contributed by atoms with Gasteiger partial charge < -0.3 is 4.57 Å². The molecule has 0 bridgehead atoms. The molecule has 28 heavy (non-hydrogen) atoms. The van der Waals surface area contributed by atoms with Crippen molar-refractivity contribution in [3.8, 4) is 0 Å². The third kappa shape index (κ3) is 1.72. The average molecular weight is 394 g/mol. The number of rotatable bonds is 0. The molecular weight excluding hydrogens is 378 g/mol. The number of nitrogens with zero attached hydrogens (tertiary/aromatic N) is 1. The molecule has 0 aliphatic carbocycles. The van der Waals surface area contributed by atoms with Crippen molar-refractivity contribution in [2.45, 2.75) is 0 Å². The van der Waals surface area contributed by atoms with Gasteiger partial charge in [0.15, 0.2) is 0 Å². The van der Waals surface area contributed by atoms with Crippen molar-refractivity contribution in [2.75, 3.05) is 0 Å². The molecule has 0 spiro atoms. The van der Waals surface area contributed by atoms with Gasteiger partial charge in [0.1, 0.15) is 0 Å². The van der Waals surface area contributed by atoms with Gasteiger partial charge in [-0.15, -0.1) is 22.7 Å². The van der Waals surface area contributed by atoms with Gasteiger partial charge in [-0.3, -0.25) is 0 Å². The maximum absolute atomic E-state index is 2.44. The van der Waals surface area contributed by atoms with Crippen LogP contribution in [-0.4, -0.2) is 4.57 Å². The predicted octanol–water partition coefficient (Wildman–Crippen LogP) is 8.07. The van der Waals surface area contributed by atoms with Crippen LogP contribution in [0.25, 0.3) is 62.2 Å². The summed E-state index contributed by atoms with van der Waals surface area (Å²) in [4.78, 5) is 0. The zero-order valence-electron chi connectivity index (χ0n) is 15.2. The SMILES string of the molecule is Cn1c2c(ccc3sc4ccccc4c32)c2ccc3sc4ccccc4c3c21. The topological polar surface area (TPSA) is 4.93 Å². The van der Waals surface area contributed by atoms with Crippen LogP contribution in [0.3, 0.4) is 0 Å². The van der Waals surface area contributed by atoms with E-state index in [1.807, 2.05) is 22.7 Å². The molecule has 7 aromatic rings. The standard InChI is InChI=1S/C25H15NS2/c1-26-24-14(10-12-20-22(24)16-6-2-4-8-18(16)27-20)15-11-13-21-23(25(15)26)17-7-3-5-9-19(17)28-21/h2-13H,1H3. The number of aromatic nitrogens is 1. The quantitative estimate of drug-likeness (QED) is 0.245. The van der Waals surface area contributed by atoms with Crippen molar-refractivity contribution >= 4 is 84.8 Å². The van der Waals surface area contributed by atoms with Gasteiger partial charge in [-0.05, 0) is 24.3 Å². The molecule has 0 atom stereocenters. The second-order valence-corrected chi connectivity index (χ2v) is 9.59. The maximum atomic E-state index is 2.44. The van der Waals surface area contributed by atoms with Crippen LogP contribution < -0.4 is 0 Å². The molecule has 0 aliphatic rings. The Kier molecular flexibility index (Phi) is 2.77. The summed E-state index contributed by atoms with van der Waals surface area (Å²) in [6, 6.07) is 26.8. The maximum Gasteiger partial charge on any atom is 0.0583 e. The summed E-state index contributed by atoms with van der Waals surface area (Å²) >= 11 is 3.78. The van der Waals surface area contributed by atoms with Crippen LogP contribution in [0.2, 0.25) is 0 Å². The van der Waals surface area contributed by atoms with Crippen LogP contribution in [0, 0.1) is 0 Å². The molecule has 0 fully saturated rings. The molecule has 0 aliphatic heterocycles. The summed E-state index contributed by atoms with van der Waals surface area (Å²) in [6.07, 6.45) is 0. The first-order valence-corrected chi connectivity index (χ1v) is 11.1. The first kappa shape index (κ1) is 15.1. The van der Waals surface area contributed by atoms with Crippen molar-refractivity contribution in [3.63, 3.8) is 0 Å². The number of aryl methyl sites for hydroxylation is 1. The number of hydrogen-bond acceptors (Lipinski definition) is 2. The molecule has 3 heterocycles. The van der Waals surface area contributed by atoms with Crippen LogP contribution >= 0.6 is 22.7 Å².